The number of benzene rings is 1. The summed E-state index contributed by atoms with van der Waals surface area (Å²) in [6.07, 6.45) is 0. The van der Waals surface area contributed by atoms with Crippen LogP contribution in [-0.4, -0.2) is 20.9 Å². The van der Waals surface area contributed by atoms with E-state index in [-0.39, 0.29) is 5.56 Å². The molecule has 0 amide bonds. The molecule has 94 valence electrons. The van der Waals surface area contributed by atoms with Crippen molar-refractivity contribution < 1.29 is 14.3 Å². The summed E-state index contributed by atoms with van der Waals surface area (Å²) >= 11 is 1.25. The molecule has 0 atom stereocenters. The van der Waals surface area contributed by atoms with E-state index in [1.165, 1.54) is 23.9 Å². The molecule has 0 radical (unpaired) electrons. The maximum atomic E-state index is 13.0. The third kappa shape index (κ3) is 2.53. The van der Waals surface area contributed by atoms with Crippen molar-refractivity contribution in [3.05, 3.63) is 41.3 Å². The first-order valence-corrected chi connectivity index (χ1v) is 6.00. The maximum Gasteiger partial charge on any atom is 0.336 e. The minimum atomic E-state index is -1.14. The summed E-state index contributed by atoms with van der Waals surface area (Å²) in [5, 5.41) is 14.0. The van der Waals surface area contributed by atoms with E-state index in [2.05, 4.69) is 5.10 Å². The van der Waals surface area contributed by atoms with Crippen molar-refractivity contribution >= 4 is 17.7 Å². The van der Waals surface area contributed by atoms with Gasteiger partial charge in [-0.3, -0.25) is 4.68 Å². The lowest BCUT2D eigenvalue weighted by Gasteiger charge is -2.05. The fourth-order valence-corrected chi connectivity index (χ4v) is 2.57. The van der Waals surface area contributed by atoms with Crippen LogP contribution >= 0.6 is 11.8 Å². The first-order chi connectivity index (χ1) is 8.47. The number of carboxylic acids is 1. The molecule has 6 heteroatoms. The van der Waals surface area contributed by atoms with Crippen LogP contribution in [0.1, 0.15) is 16.1 Å². The number of hydrogen-bond donors (Lipinski definition) is 1. The van der Waals surface area contributed by atoms with Crippen LogP contribution in [0.2, 0.25) is 0 Å². The molecule has 2 rings (SSSR count). The summed E-state index contributed by atoms with van der Waals surface area (Å²) in [6.45, 7) is 1.85. The number of carboxylic acid groups (broad SMARTS) is 1. The first-order valence-electron chi connectivity index (χ1n) is 5.18. The van der Waals surface area contributed by atoms with E-state index in [9.17, 15) is 9.18 Å². The summed E-state index contributed by atoms with van der Waals surface area (Å²) in [6, 6.07) is 5.58. The molecular weight excluding hydrogens is 255 g/mol. The summed E-state index contributed by atoms with van der Waals surface area (Å²) in [5.41, 5.74) is 0.804. The van der Waals surface area contributed by atoms with Crippen molar-refractivity contribution in [3.8, 4) is 0 Å². The number of rotatable bonds is 3. The predicted octanol–water partition coefficient (Wildman–Crippen LogP) is 2.72. The molecule has 1 aromatic heterocycles. The van der Waals surface area contributed by atoms with Gasteiger partial charge in [-0.15, -0.1) is 0 Å². The fourth-order valence-electron chi connectivity index (χ4n) is 1.55. The lowest BCUT2D eigenvalue weighted by Crippen LogP contribution is -2.00. The van der Waals surface area contributed by atoms with Crippen LogP contribution in [0.15, 0.2) is 34.2 Å². The van der Waals surface area contributed by atoms with Crippen molar-refractivity contribution in [1.82, 2.24) is 9.78 Å². The fraction of sp³-hybridized carbons (Fsp3) is 0.167. The second-order valence-electron chi connectivity index (χ2n) is 3.80. The zero-order chi connectivity index (χ0) is 13.3. The highest BCUT2D eigenvalue weighted by atomic mass is 32.2. The van der Waals surface area contributed by atoms with E-state index in [1.807, 2.05) is 13.0 Å². The minimum Gasteiger partial charge on any atom is -0.478 e. The smallest absolute Gasteiger partial charge is 0.336 e. The molecule has 0 fully saturated rings. The minimum absolute atomic E-state index is 0.0427. The zero-order valence-electron chi connectivity index (χ0n) is 9.85. The van der Waals surface area contributed by atoms with E-state index in [1.54, 1.807) is 11.7 Å². The van der Waals surface area contributed by atoms with Gasteiger partial charge in [0.05, 0.1) is 16.3 Å². The Morgan fingerprint density at radius 3 is 2.72 bits per heavy atom. The van der Waals surface area contributed by atoms with Crippen molar-refractivity contribution in [2.45, 2.75) is 16.8 Å². The molecule has 0 aliphatic carbocycles. The summed E-state index contributed by atoms with van der Waals surface area (Å²) < 4.78 is 14.7. The normalized spacial score (nSPS) is 10.6. The van der Waals surface area contributed by atoms with Crippen LogP contribution in [0.4, 0.5) is 4.39 Å². The summed E-state index contributed by atoms with van der Waals surface area (Å²) in [4.78, 5) is 11.5. The maximum absolute atomic E-state index is 13.0. The van der Waals surface area contributed by atoms with Gasteiger partial charge in [0.1, 0.15) is 5.82 Å². The highest BCUT2D eigenvalue weighted by molar-refractivity contribution is 7.99. The SMILES string of the molecule is Cc1cc(Sc2ccc(F)cc2C(=O)O)n(C)n1. The molecule has 0 aliphatic rings. The van der Waals surface area contributed by atoms with E-state index in [4.69, 9.17) is 5.11 Å². The Hall–Kier alpha value is -1.82. The van der Waals surface area contributed by atoms with Gasteiger partial charge in [0.2, 0.25) is 0 Å². The number of nitrogens with zero attached hydrogens (tertiary/aromatic N) is 2. The molecule has 2 aromatic rings. The van der Waals surface area contributed by atoms with Crippen molar-refractivity contribution in [1.29, 1.82) is 0 Å². The first kappa shape index (κ1) is 12.6. The highest BCUT2D eigenvalue weighted by Crippen LogP contribution is 2.31. The quantitative estimate of drug-likeness (QED) is 0.928. The third-order valence-electron chi connectivity index (χ3n) is 2.35. The van der Waals surface area contributed by atoms with E-state index in [0.29, 0.717) is 4.90 Å². The Bertz CT molecular complexity index is 610. The molecule has 1 aromatic carbocycles. The van der Waals surface area contributed by atoms with E-state index in [0.717, 1.165) is 16.8 Å². The second kappa shape index (κ2) is 4.81. The van der Waals surface area contributed by atoms with Gasteiger partial charge in [-0.2, -0.15) is 5.10 Å². The Labute approximate surface area is 107 Å². The number of aryl methyl sites for hydroxylation is 2. The molecule has 0 bridgehead atoms. The lowest BCUT2D eigenvalue weighted by molar-refractivity contribution is 0.0692. The largest absolute Gasteiger partial charge is 0.478 e. The van der Waals surface area contributed by atoms with Gasteiger partial charge in [0.25, 0.3) is 0 Å². The molecule has 4 nitrogen and oxygen atoms in total. The number of carbonyl (C=O) groups is 1. The second-order valence-corrected chi connectivity index (χ2v) is 4.86. The molecule has 0 aliphatic heterocycles. The number of aromatic nitrogens is 2. The highest BCUT2D eigenvalue weighted by Gasteiger charge is 2.14. The van der Waals surface area contributed by atoms with Gasteiger partial charge in [-0.05, 0) is 31.2 Å². The van der Waals surface area contributed by atoms with Crippen LogP contribution in [0.5, 0.6) is 0 Å². The Morgan fingerprint density at radius 2 is 2.17 bits per heavy atom. The van der Waals surface area contributed by atoms with Gasteiger partial charge >= 0.3 is 5.97 Å². The molecule has 0 saturated heterocycles. The van der Waals surface area contributed by atoms with Crippen LogP contribution in [0, 0.1) is 12.7 Å². The molecule has 1 heterocycles. The van der Waals surface area contributed by atoms with E-state index >= 15 is 0 Å². The average Bonchev–Trinajstić information content (AvgIpc) is 2.60. The third-order valence-corrected chi connectivity index (χ3v) is 3.51. The predicted molar refractivity (Wildman–Crippen MR) is 65.4 cm³/mol. The van der Waals surface area contributed by atoms with Crippen LogP contribution in [0.25, 0.3) is 0 Å². The molecule has 0 spiro atoms. The van der Waals surface area contributed by atoms with Crippen molar-refractivity contribution in [2.24, 2.45) is 7.05 Å². The standard InChI is InChI=1S/C12H11FN2O2S/c1-7-5-11(15(2)14-7)18-10-4-3-8(13)6-9(10)12(16)17/h3-6H,1-2H3,(H,16,17). The van der Waals surface area contributed by atoms with Crippen LogP contribution in [0.3, 0.4) is 0 Å². The van der Waals surface area contributed by atoms with Crippen molar-refractivity contribution in [2.75, 3.05) is 0 Å². The van der Waals surface area contributed by atoms with Gasteiger partial charge in [0.15, 0.2) is 0 Å². The summed E-state index contributed by atoms with van der Waals surface area (Å²) in [5.74, 6) is -1.70. The van der Waals surface area contributed by atoms with Gasteiger partial charge in [-0.25, -0.2) is 9.18 Å². The average molecular weight is 266 g/mol. The number of aromatic carboxylic acids is 1. The van der Waals surface area contributed by atoms with Crippen LogP contribution in [-0.2, 0) is 7.05 Å². The monoisotopic (exact) mass is 266 g/mol. The van der Waals surface area contributed by atoms with Gasteiger partial charge < -0.3 is 5.11 Å². The Balaban J connectivity index is 2.40. The van der Waals surface area contributed by atoms with Crippen LogP contribution < -0.4 is 0 Å². The zero-order valence-corrected chi connectivity index (χ0v) is 10.7. The number of halogens is 1. The molecule has 0 unspecified atom stereocenters. The van der Waals surface area contributed by atoms with E-state index < -0.39 is 11.8 Å². The Morgan fingerprint density at radius 1 is 1.44 bits per heavy atom. The lowest BCUT2D eigenvalue weighted by atomic mass is 10.2. The topological polar surface area (TPSA) is 55.1 Å². The molecule has 0 saturated carbocycles. The summed E-state index contributed by atoms with van der Waals surface area (Å²) in [7, 11) is 1.78. The van der Waals surface area contributed by atoms with Gasteiger partial charge in [0, 0.05) is 11.9 Å². The molecule has 18 heavy (non-hydrogen) atoms. The number of hydrogen-bond acceptors (Lipinski definition) is 3. The molecular formula is C12H11FN2O2S. The molecule has 1 N–H and O–H groups in total. The van der Waals surface area contributed by atoms with Crippen molar-refractivity contribution in [3.63, 3.8) is 0 Å². The Kier molecular flexibility index (Phi) is 3.38. The van der Waals surface area contributed by atoms with Gasteiger partial charge in [-0.1, -0.05) is 11.8 Å².